The van der Waals surface area contributed by atoms with Crippen molar-refractivity contribution in [3.05, 3.63) is 60.2 Å². The van der Waals surface area contributed by atoms with E-state index in [9.17, 15) is 8.42 Å². The van der Waals surface area contributed by atoms with Crippen molar-refractivity contribution in [2.45, 2.75) is 35.7 Å². The number of nitrogens with two attached hydrogens (primary N) is 1. The Morgan fingerprint density at radius 3 is 2.32 bits per heavy atom. The highest BCUT2D eigenvalue weighted by Gasteiger charge is 2.30. The minimum absolute atomic E-state index is 0.156. The zero-order valence-electron chi connectivity index (χ0n) is 16.3. The van der Waals surface area contributed by atoms with E-state index < -0.39 is 9.84 Å². The predicted octanol–water partition coefficient (Wildman–Crippen LogP) is 3.21. The van der Waals surface area contributed by atoms with Crippen molar-refractivity contribution in [3.63, 3.8) is 0 Å². The van der Waals surface area contributed by atoms with Crippen LogP contribution in [0.5, 0.6) is 5.75 Å². The Balaban J connectivity index is 2.20. The van der Waals surface area contributed by atoms with Crippen LogP contribution in [0.1, 0.15) is 18.9 Å². The summed E-state index contributed by atoms with van der Waals surface area (Å²) in [5.74, 6) is 0.599. The van der Waals surface area contributed by atoms with E-state index in [1.165, 1.54) is 4.68 Å². The van der Waals surface area contributed by atoms with Gasteiger partial charge in [-0.05, 0) is 37.1 Å². The van der Waals surface area contributed by atoms with Crippen LogP contribution in [0.15, 0.2) is 64.5 Å². The molecule has 148 valence electrons. The van der Waals surface area contributed by atoms with E-state index in [1.807, 2.05) is 37.3 Å². The number of sulfone groups is 1. The Kier molecular flexibility index (Phi) is 5.86. The van der Waals surface area contributed by atoms with Crippen molar-refractivity contribution in [1.82, 2.24) is 9.78 Å². The maximum Gasteiger partial charge on any atom is 0.223 e. The van der Waals surface area contributed by atoms with Crippen LogP contribution in [0.2, 0.25) is 0 Å². The second-order valence-corrected chi connectivity index (χ2v) is 8.54. The minimum atomic E-state index is -3.78. The number of benzene rings is 2. The first kappa shape index (κ1) is 20.1. The molecule has 0 bridgehead atoms. The fourth-order valence-corrected chi connectivity index (χ4v) is 4.78. The van der Waals surface area contributed by atoms with Crippen LogP contribution in [0.4, 0.5) is 0 Å². The highest BCUT2D eigenvalue weighted by Crippen LogP contribution is 2.33. The smallest absolute Gasteiger partial charge is 0.223 e. The Morgan fingerprint density at radius 2 is 1.75 bits per heavy atom. The summed E-state index contributed by atoms with van der Waals surface area (Å²) in [5, 5.41) is 4.73. The van der Waals surface area contributed by atoms with Gasteiger partial charge in [-0.1, -0.05) is 37.3 Å². The van der Waals surface area contributed by atoms with E-state index in [1.54, 1.807) is 38.4 Å². The van der Waals surface area contributed by atoms with Gasteiger partial charge in [0.05, 0.1) is 17.7 Å². The molecule has 3 aromatic rings. The second-order valence-electron chi connectivity index (χ2n) is 6.67. The van der Waals surface area contributed by atoms with Gasteiger partial charge in [-0.25, -0.2) is 8.42 Å². The van der Waals surface area contributed by atoms with Gasteiger partial charge in [0.15, 0.2) is 5.03 Å². The van der Waals surface area contributed by atoms with E-state index in [4.69, 9.17) is 10.5 Å². The first-order valence-electron chi connectivity index (χ1n) is 9.14. The third kappa shape index (κ3) is 3.81. The molecule has 1 atom stereocenters. The summed E-state index contributed by atoms with van der Waals surface area (Å²) in [6, 6.07) is 15.8. The van der Waals surface area contributed by atoms with Gasteiger partial charge in [-0.2, -0.15) is 5.10 Å². The summed E-state index contributed by atoms with van der Waals surface area (Å²) in [7, 11) is -0.578. The Hall–Kier alpha value is -2.64. The molecule has 0 aliphatic carbocycles. The van der Waals surface area contributed by atoms with Crippen LogP contribution >= 0.6 is 0 Å². The van der Waals surface area contributed by atoms with Crippen molar-refractivity contribution in [2.75, 3.05) is 7.11 Å². The number of aryl methyl sites for hydroxylation is 1. The van der Waals surface area contributed by atoms with Crippen molar-refractivity contribution < 1.29 is 13.2 Å². The maximum absolute atomic E-state index is 13.4. The Bertz CT molecular complexity index is 1040. The van der Waals surface area contributed by atoms with Gasteiger partial charge in [0.25, 0.3) is 0 Å². The van der Waals surface area contributed by atoms with Gasteiger partial charge in [-0.3, -0.25) is 4.68 Å². The highest BCUT2D eigenvalue weighted by atomic mass is 32.2. The van der Waals surface area contributed by atoms with E-state index in [0.717, 1.165) is 12.0 Å². The molecule has 0 radical (unpaired) electrons. The number of rotatable bonds is 7. The third-order valence-corrected chi connectivity index (χ3v) is 6.66. The van der Waals surface area contributed by atoms with Gasteiger partial charge < -0.3 is 10.5 Å². The third-order valence-electron chi connectivity index (χ3n) is 4.75. The molecule has 0 saturated carbocycles. The molecule has 3 rings (SSSR count). The molecule has 2 aromatic carbocycles. The largest absolute Gasteiger partial charge is 0.497 e. The van der Waals surface area contributed by atoms with Crippen molar-refractivity contribution in [1.29, 1.82) is 0 Å². The fraction of sp³-hybridized carbons (Fsp3) is 0.286. The molecule has 2 N–H and O–H groups in total. The summed E-state index contributed by atoms with van der Waals surface area (Å²) in [5.41, 5.74) is 8.37. The summed E-state index contributed by atoms with van der Waals surface area (Å²) >= 11 is 0. The molecule has 7 heteroatoms. The maximum atomic E-state index is 13.4. The molecule has 1 unspecified atom stereocenters. The second kappa shape index (κ2) is 8.16. The standard InChI is InChI=1S/C21H25N3O3S/c1-4-16(22)14-19-20(15-8-6-5-7-9-15)23-24(2)21(19)28(25,26)18-12-10-17(27-3)11-13-18/h5-13,16H,4,14,22H2,1-3H3. The minimum Gasteiger partial charge on any atom is -0.497 e. The van der Waals surface area contributed by atoms with Gasteiger partial charge in [0.1, 0.15) is 5.75 Å². The van der Waals surface area contributed by atoms with Gasteiger partial charge in [-0.15, -0.1) is 0 Å². The number of hydrogen-bond donors (Lipinski definition) is 1. The molecule has 0 aliphatic rings. The van der Waals surface area contributed by atoms with Crippen LogP contribution < -0.4 is 10.5 Å². The van der Waals surface area contributed by atoms with Crippen molar-refractivity contribution in [3.8, 4) is 17.0 Å². The normalized spacial score (nSPS) is 12.7. The van der Waals surface area contributed by atoms with Crippen LogP contribution in [-0.4, -0.2) is 31.3 Å². The SMILES string of the molecule is CCC(N)Cc1c(-c2ccccc2)nn(C)c1S(=O)(=O)c1ccc(OC)cc1. The first-order valence-corrected chi connectivity index (χ1v) is 10.6. The number of ether oxygens (including phenoxy) is 1. The van der Waals surface area contributed by atoms with E-state index >= 15 is 0 Å². The summed E-state index contributed by atoms with van der Waals surface area (Å²) in [4.78, 5) is 0.197. The average molecular weight is 400 g/mol. The molecule has 1 heterocycles. The summed E-state index contributed by atoms with van der Waals surface area (Å²) in [6.45, 7) is 1.99. The zero-order valence-corrected chi connectivity index (χ0v) is 17.1. The predicted molar refractivity (Wildman–Crippen MR) is 109 cm³/mol. The zero-order chi connectivity index (χ0) is 20.3. The average Bonchev–Trinajstić information content (AvgIpc) is 3.05. The molecular formula is C21H25N3O3S. The molecule has 0 spiro atoms. The monoisotopic (exact) mass is 399 g/mol. The molecule has 1 aromatic heterocycles. The highest BCUT2D eigenvalue weighted by molar-refractivity contribution is 7.91. The molecule has 0 saturated heterocycles. The Morgan fingerprint density at radius 1 is 1.11 bits per heavy atom. The quantitative estimate of drug-likeness (QED) is 0.659. The van der Waals surface area contributed by atoms with Gasteiger partial charge in [0, 0.05) is 24.2 Å². The lowest BCUT2D eigenvalue weighted by Gasteiger charge is -2.13. The van der Waals surface area contributed by atoms with Crippen molar-refractivity contribution in [2.24, 2.45) is 12.8 Å². The van der Waals surface area contributed by atoms with Gasteiger partial charge >= 0.3 is 0 Å². The molecule has 0 aliphatic heterocycles. The van der Waals surface area contributed by atoms with Crippen LogP contribution in [-0.2, 0) is 23.3 Å². The van der Waals surface area contributed by atoms with Crippen LogP contribution in [0.25, 0.3) is 11.3 Å². The van der Waals surface area contributed by atoms with Crippen molar-refractivity contribution >= 4 is 9.84 Å². The lowest BCUT2D eigenvalue weighted by atomic mass is 10.0. The molecule has 6 nitrogen and oxygen atoms in total. The summed E-state index contributed by atoms with van der Waals surface area (Å²) < 4.78 is 33.5. The lowest BCUT2D eigenvalue weighted by Crippen LogP contribution is -2.23. The number of methoxy groups -OCH3 is 1. The van der Waals surface area contributed by atoms with Crippen LogP contribution in [0, 0.1) is 0 Å². The van der Waals surface area contributed by atoms with Gasteiger partial charge in [0.2, 0.25) is 9.84 Å². The fourth-order valence-electron chi connectivity index (χ4n) is 3.17. The topological polar surface area (TPSA) is 87.2 Å². The molecule has 0 fully saturated rings. The molecule has 28 heavy (non-hydrogen) atoms. The van der Waals surface area contributed by atoms with E-state index in [2.05, 4.69) is 5.10 Å². The van der Waals surface area contributed by atoms with E-state index in [-0.39, 0.29) is 16.0 Å². The summed E-state index contributed by atoms with van der Waals surface area (Å²) in [6.07, 6.45) is 1.17. The number of hydrogen-bond acceptors (Lipinski definition) is 5. The first-order chi connectivity index (χ1) is 13.4. The number of aromatic nitrogens is 2. The Labute approximate surface area is 165 Å². The lowest BCUT2D eigenvalue weighted by molar-refractivity contribution is 0.414. The van der Waals surface area contributed by atoms with E-state index in [0.29, 0.717) is 23.4 Å². The molecule has 0 amide bonds. The molecular weight excluding hydrogens is 374 g/mol. The van der Waals surface area contributed by atoms with Crippen LogP contribution in [0.3, 0.4) is 0 Å². The number of nitrogens with zero attached hydrogens (tertiary/aromatic N) is 2.